The molecule has 0 saturated heterocycles. The Kier molecular flexibility index (Phi) is 5.59. The maximum absolute atomic E-state index is 4.75. The summed E-state index contributed by atoms with van der Waals surface area (Å²) in [6, 6.07) is 40.2. The SMILES string of the molecule is c1ccc(N(c2ccccc2)c2ccccc2C(c2ccccn2)c2cccs2)cc1. The topological polar surface area (TPSA) is 16.1 Å². The van der Waals surface area contributed by atoms with Gasteiger partial charge in [0.05, 0.1) is 17.3 Å². The maximum atomic E-state index is 4.75. The Morgan fingerprint density at radius 2 is 1.26 bits per heavy atom. The van der Waals surface area contributed by atoms with Crippen molar-refractivity contribution in [2.75, 3.05) is 4.90 Å². The molecule has 2 heterocycles. The van der Waals surface area contributed by atoms with Gasteiger partial charge in [-0.05, 0) is 59.5 Å². The molecular formula is C28H22N2S. The van der Waals surface area contributed by atoms with Crippen molar-refractivity contribution in [3.8, 4) is 0 Å². The Hall–Kier alpha value is -3.69. The molecule has 0 radical (unpaired) electrons. The number of rotatable bonds is 6. The van der Waals surface area contributed by atoms with Crippen molar-refractivity contribution in [1.82, 2.24) is 4.98 Å². The fourth-order valence-electron chi connectivity index (χ4n) is 3.98. The lowest BCUT2D eigenvalue weighted by Gasteiger charge is -2.30. The minimum atomic E-state index is 0.0623. The number of hydrogen-bond donors (Lipinski definition) is 0. The second kappa shape index (κ2) is 8.99. The van der Waals surface area contributed by atoms with Crippen LogP contribution in [0, 0.1) is 0 Å². The highest BCUT2D eigenvalue weighted by molar-refractivity contribution is 7.10. The lowest BCUT2D eigenvalue weighted by molar-refractivity contribution is 0.935. The number of para-hydroxylation sites is 3. The lowest BCUT2D eigenvalue weighted by atomic mass is 9.91. The highest BCUT2D eigenvalue weighted by Gasteiger charge is 2.25. The first-order chi connectivity index (χ1) is 15.4. The van der Waals surface area contributed by atoms with Crippen molar-refractivity contribution in [3.05, 3.63) is 143 Å². The molecule has 0 N–H and O–H groups in total. The van der Waals surface area contributed by atoms with Crippen LogP contribution in [0.5, 0.6) is 0 Å². The van der Waals surface area contributed by atoms with Gasteiger partial charge < -0.3 is 4.90 Å². The largest absolute Gasteiger partial charge is 0.310 e. The molecule has 31 heavy (non-hydrogen) atoms. The predicted octanol–water partition coefficient (Wildman–Crippen LogP) is 7.79. The molecule has 1 unspecified atom stereocenters. The zero-order valence-corrected chi connectivity index (χ0v) is 17.8. The Morgan fingerprint density at radius 1 is 0.613 bits per heavy atom. The second-order valence-corrected chi connectivity index (χ2v) is 8.25. The third-order valence-electron chi connectivity index (χ3n) is 5.33. The van der Waals surface area contributed by atoms with Crippen molar-refractivity contribution in [2.24, 2.45) is 0 Å². The van der Waals surface area contributed by atoms with Crippen LogP contribution in [0.25, 0.3) is 0 Å². The number of hydrogen-bond acceptors (Lipinski definition) is 3. The molecule has 0 spiro atoms. The van der Waals surface area contributed by atoms with Crippen LogP contribution in [0.15, 0.2) is 127 Å². The summed E-state index contributed by atoms with van der Waals surface area (Å²) >= 11 is 1.77. The lowest BCUT2D eigenvalue weighted by Crippen LogP contribution is -2.14. The van der Waals surface area contributed by atoms with E-state index in [2.05, 4.69) is 119 Å². The first-order valence-electron chi connectivity index (χ1n) is 10.4. The first kappa shape index (κ1) is 19.3. The molecule has 0 amide bonds. The number of pyridine rings is 1. The summed E-state index contributed by atoms with van der Waals surface area (Å²) in [4.78, 5) is 8.36. The van der Waals surface area contributed by atoms with Gasteiger partial charge in [-0.25, -0.2) is 0 Å². The minimum Gasteiger partial charge on any atom is -0.310 e. The van der Waals surface area contributed by atoms with Crippen molar-refractivity contribution >= 4 is 28.4 Å². The Labute approximate surface area is 187 Å². The molecule has 3 heteroatoms. The van der Waals surface area contributed by atoms with Crippen LogP contribution in [0.1, 0.15) is 22.1 Å². The number of anilines is 3. The van der Waals surface area contributed by atoms with E-state index in [1.165, 1.54) is 10.4 Å². The van der Waals surface area contributed by atoms with E-state index < -0.39 is 0 Å². The zero-order chi connectivity index (χ0) is 20.9. The van der Waals surface area contributed by atoms with E-state index in [1.54, 1.807) is 11.3 Å². The van der Waals surface area contributed by atoms with Crippen LogP contribution in [0.3, 0.4) is 0 Å². The monoisotopic (exact) mass is 418 g/mol. The fraction of sp³-hybridized carbons (Fsp3) is 0.0357. The molecule has 2 nitrogen and oxygen atoms in total. The molecule has 0 fully saturated rings. The molecule has 2 aromatic heterocycles. The second-order valence-electron chi connectivity index (χ2n) is 7.27. The van der Waals surface area contributed by atoms with E-state index in [1.807, 2.05) is 12.3 Å². The third-order valence-corrected chi connectivity index (χ3v) is 6.27. The number of aromatic nitrogens is 1. The number of nitrogens with zero attached hydrogens (tertiary/aromatic N) is 2. The van der Waals surface area contributed by atoms with Crippen molar-refractivity contribution < 1.29 is 0 Å². The van der Waals surface area contributed by atoms with Crippen LogP contribution < -0.4 is 4.90 Å². The smallest absolute Gasteiger partial charge is 0.0627 e. The molecule has 1 atom stereocenters. The average Bonchev–Trinajstić information content (AvgIpc) is 3.37. The third kappa shape index (κ3) is 4.00. The summed E-state index contributed by atoms with van der Waals surface area (Å²) in [7, 11) is 0. The molecular weight excluding hydrogens is 396 g/mol. The van der Waals surface area contributed by atoms with Gasteiger partial charge in [-0.15, -0.1) is 11.3 Å². The Morgan fingerprint density at radius 3 is 1.87 bits per heavy atom. The van der Waals surface area contributed by atoms with Gasteiger partial charge in [-0.3, -0.25) is 4.98 Å². The molecule has 0 aliphatic rings. The van der Waals surface area contributed by atoms with Crippen LogP contribution in [-0.4, -0.2) is 4.98 Å². The molecule has 5 aromatic rings. The van der Waals surface area contributed by atoms with Gasteiger partial charge in [0.2, 0.25) is 0 Å². The molecule has 3 aromatic carbocycles. The Bertz CT molecular complexity index is 1180. The van der Waals surface area contributed by atoms with Crippen LogP contribution in [-0.2, 0) is 0 Å². The maximum Gasteiger partial charge on any atom is 0.0627 e. The van der Waals surface area contributed by atoms with Gasteiger partial charge in [-0.2, -0.15) is 0 Å². The minimum absolute atomic E-state index is 0.0623. The summed E-state index contributed by atoms with van der Waals surface area (Å²) in [5, 5.41) is 2.14. The van der Waals surface area contributed by atoms with Gasteiger partial charge in [0.15, 0.2) is 0 Å². The van der Waals surface area contributed by atoms with E-state index in [4.69, 9.17) is 4.98 Å². The standard InChI is InChI=1S/C28H22N2S/c1-3-12-22(13-4-1)30(23-14-5-2-6-15-23)26-18-8-7-16-24(26)28(27-19-11-21-31-27)25-17-9-10-20-29-25/h1-21,28H. The summed E-state index contributed by atoms with van der Waals surface area (Å²) in [6.45, 7) is 0. The quantitative estimate of drug-likeness (QED) is 0.280. The summed E-state index contributed by atoms with van der Waals surface area (Å²) in [5.74, 6) is 0.0623. The highest BCUT2D eigenvalue weighted by atomic mass is 32.1. The van der Waals surface area contributed by atoms with E-state index in [0.717, 1.165) is 22.8 Å². The predicted molar refractivity (Wildman–Crippen MR) is 131 cm³/mol. The van der Waals surface area contributed by atoms with Crippen molar-refractivity contribution in [3.63, 3.8) is 0 Å². The van der Waals surface area contributed by atoms with E-state index in [9.17, 15) is 0 Å². The number of thiophene rings is 1. The Balaban J connectivity index is 1.73. The molecule has 150 valence electrons. The molecule has 5 rings (SSSR count). The van der Waals surface area contributed by atoms with E-state index in [-0.39, 0.29) is 5.92 Å². The average molecular weight is 419 g/mol. The first-order valence-corrected chi connectivity index (χ1v) is 11.2. The van der Waals surface area contributed by atoms with Crippen molar-refractivity contribution in [1.29, 1.82) is 0 Å². The van der Waals surface area contributed by atoms with Gasteiger partial charge in [0, 0.05) is 22.4 Å². The summed E-state index contributed by atoms with van der Waals surface area (Å²) in [6.07, 6.45) is 1.88. The molecule has 0 aliphatic carbocycles. The van der Waals surface area contributed by atoms with Crippen LogP contribution in [0.4, 0.5) is 17.1 Å². The van der Waals surface area contributed by atoms with E-state index in [0.29, 0.717) is 0 Å². The van der Waals surface area contributed by atoms with Gasteiger partial charge in [-0.1, -0.05) is 66.7 Å². The van der Waals surface area contributed by atoms with Gasteiger partial charge in [0.1, 0.15) is 0 Å². The molecule has 0 bridgehead atoms. The van der Waals surface area contributed by atoms with Crippen LogP contribution >= 0.6 is 11.3 Å². The van der Waals surface area contributed by atoms with E-state index >= 15 is 0 Å². The highest BCUT2D eigenvalue weighted by Crippen LogP contribution is 2.43. The fourth-order valence-corrected chi connectivity index (χ4v) is 4.83. The summed E-state index contributed by atoms with van der Waals surface area (Å²) < 4.78 is 0. The summed E-state index contributed by atoms with van der Waals surface area (Å²) in [5.41, 5.74) is 5.71. The zero-order valence-electron chi connectivity index (χ0n) is 17.0. The van der Waals surface area contributed by atoms with Gasteiger partial charge in [0.25, 0.3) is 0 Å². The van der Waals surface area contributed by atoms with Gasteiger partial charge >= 0.3 is 0 Å². The molecule has 0 aliphatic heterocycles. The van der Waals surface area contributed by atoms with Crippen LogP contribution in [0.2, 0.25) is 0 Å². The number of benzene rings is 3. The van der Waals surface area contributed by atoms with Crippen molar-refractivity contribution in [2.45, 2.75) is 5.92 Å². The molecule has 0 saturated carbocycles. The normalized spacial score (nSPS) is 11.7.